The molecule has 1 aliphatic rings. The Kier molecular flexibility index (Phi) is 6.12. The molecule has 0 unspecified atom stereocenters. The Morgan fingerprint density at radius 2 is 1.68 bits per heavy atom. The lowest BCUT2D eigenvalue weighted by Gasteiger charge is -2.29. The summed E-state index contributed by atoms with van der Waals surface area (Å²) < 4.78 is 0. The van der Waals surface area contributed by atoms with E-state index < -0.39 is 6.04 Å². The van der Waals surface area contributed by atoms with Crippen LogP contribution in [0, 0.1) is 5.92 Å². The summed E-state index contributed by atoms with van der Waals surface area (Å²) in [6.07, 6.45) is 2.14. The van der Waals surface area contributed by atoms with Gasteiger partial charge in [-0.2, -0.15) is 0 Å². The fourth-order valence-corrected chi connectivity index (χ4v) is 2.38. The molecule has 1 heterocycles. The molecule has 3 amide bonds. The molecular weight excluding hydrogens is 242 g/mol. The van der Waals surface area contributed by atoms with Crippen LogP contribution in [0.2, 0.25) is 0 Å². The molecule has 110 valence electrons. The molecule has 0 aromatic heterocycles. The lowest BCUT2D eigenvalue weighted by atomic mass is 10.0. The van der Waals surface area contributed by atoms with Crippen LogP contribution in [-0.2, 0) is 4.79 Å². The Morgan fingerprint density at radius 3 is 2.11 bits per heavy atom. The number of hydrogen-bond donors (Lipinski definition) is 1. The summed E-state index contributed by atoms with van der Waals surface area (Å²) in [6.45, 7) is 10.8. The molecule has 1 rings (SSSR count). The Morgan fingerprint density at radius 1 is 1.16 bits per heavy atom. The van der Waals surface area contributed by atoms with Crippen molar-refractivity contribution in [2.75, 3.05) is 26.2 Å². The van der Waals surface area contributed by atoms with Crippen molar-refractivity contribution >= 4 is 11.9 Å². The van der Waals surface area contributed by atoms with E-state index in [9.17, 15) is 9.59 Å². The maximum atomic E-state index is 12.4. The minimum atomic E-state index is -0.411. The zero-order valence-electron chi connectivity index (χ0n) is 12.6. The molecule has 0 bridgehead atoms. The van der Waals surface area contributed by atoms with E-state index in [2.05, 4.69) is 5.32 Å². The van der Waals surface area contributed by atoms with Crippen LogP contribution < -0.4 is 5.32 Å². The first-order chi connectivity index (χ1) is 9.01. The lowest BCUT2D eigenvalue weighted by molar-refractivity contribution is -0.133. The van der Waals surface area contributed by atoms with Gasteiger partial charge in [0.15, 0.2) is 0 Å². The van der Waals surface area contributed by atoms with Gasteiger partial charge in [0.05, 0.1) is 0 Å². The van der Waals surface area contributed by atoms with E-state index in [1.165, 1.54) is 0 Å². The van der Waals surface area contributed by atoms with E-state index in [1.54, 1.807) is 4.90 Å². The van der Waals surface area contributed by atoms with Crippen LogP contribution in [0.25, 0.3) is 0 Å². The zero-order chi connectivity index (χ0) is 14.4. The molecule has 0 aliphatic carbocycles. The third-order valence-corrected chi connectivity index (χ3v) is 3.68. The average molecular weight is 269 g/mol. The predicted molar refractivity (Wildman–Crippen MR) is 75.9 cm³/mol. The SMILES string of the molecule is CCN(CC)C(=O)N[C@H](C(=O)N1CCCC1)C(C)C. The molecule has 5 nitrogen and oxygen atoms in total. The molecule has 1 saturated heterocycles. The number of carbonyl (C=O) groups is 2. The monoisotopic (exact) mass is 269 g/mol. The van der Waals surface area contributed by atoms with Gasteiger partial charge in [-0.3, -0.25) is 4.79 Å². The fraction of sp³-hybridized carbons (Fsp3) is 0.857. The van der Waals surface area contributed by atoms with E-state index >= 15 is 0 Å². The number of carbonyl (C=O) groups excluding carboxylic acids is 2. The van der Waals surface area contributed by atoms with Crippen molar-refractivity contribution in [2.45, 2.75) is 46.6 Å². The largest absolute Gasteiger partial charge is 0.341 e. The van der Waals surface area contributed by atoms with Gasteiger partial charge in [0.1, 0.15) is 6.04 Å². The fourth-order valence-electron chi connectivity index (χ4n) is 2.38. The average Bonchev–Trinajstić information content (AvgIpc) is 2.90. The molecule has 0 radical (unpaired) electrons. The van der Waals surface area contributed by atoms with Gasteiger partial charge in [0.25, 0.3) is 0 Å². The van der Waals surface area contributed by atoms with E-state index in [0.29, 0.717) is 13.1 Å². The number of rotatable bonds is 5. The van der Waals surface area contributed by atoms with E-state index in [1.807, 2.05) is 32.6 Å². The van der Waals surface area contributed by atoms with Gasteiger partial charge in [0, 0.05) is 26.2 Å². The van der Waals surface area contributed by atoms with E-state index in [4.69, 9.17) is 0 Å². The van der Waals surface area contributed by atoms with E-state index in [0.717, 1.165) is 25.9 Å². The Bertz CT molecular complexity index is 308. The number of amides is 3. The molecule has 5 heteroatoms. The quantitative estimate of drug-likeness (QED) is 0.825. The topological polar surface area (TPSA) is 52.7 Å². The van der Waals surface area contributed by atoms with Crippen LogP contribution in [0.15, 0.2) is 0 Å². The minimum absolute atomic E-state index is 0.0630. The van der Waals surface area contributed by atoms with Gasteiger partial charge in [0.2, 0.25) is 5.91 Å². The van der Waals surface area contributed by atoms with Crippen molar-refractivity contribution in [3.63, 3.8) is 0 Å². The molecule has 0 aromatic carbocycles. The van der Waals surface area contributed by atoms with Crippen LogP contribution in [-0.4, -0.2) is 54.0 Å². The molecule has 1 fully saturated rings. The van der Waals surface area contributed by atoms with Crippen LogP contribution >= 0.6 is 0 Å². The molecule has 19 heavy (non-hydrogen) atoms. The second kappa shape index (κ2) is 7.36. The molecule has 1 aliphatic heterocycles. The highest BCUT2D eigenvalue weighted by atomic mass is 16.2. The van der Waals surface area contributed by atoms with Crippen LogP contribution in [0.1, 0.15) is 40.5 Å². The first kappa shape index (κ1) is 15.8. The minimum Gasteiger partial charge on any atom is -0.341 e. The summed E-state index contributed by atoms with van der Waals surface area (Å²) in [5.41, 5.74) is 0. The summed E-state index contributed by atoms with van der Waals surface area (Å²) in [7, 11) is 0. The lowest BCUT2D eigenvalue weighted by Crippen LogP contribution is -2.53. The van der Waals surface area contributed by atoms with Crippen molar-refractivity contribution in [1.82, 2.24) is 15.1 Å². The summed E-state index contributed by atoms with van der Waals surface area (Å²) in [6, 6.07) is -0.553. The summed E-state index contributed by atoms with van der Waals surface area (Å²) in [5.74, 6) is 0.167. The smallest absolute Gasteiger partial charge is 0.318 e. The van der Waals surface area contributed by atoms with Crippen LogP contribution in [0.3, 0.4) is 0 Å². The molecule has 1 N–H and O–H groups in total. The summed E-state index contributed by atoms with van der Waals surface area (Å²) in [4.78, 5) is 28.1. The normalized spacial score (nSPS) is 16.6. The van der Waals surface area contributed by atoms with Gasteiger partial charge < -0.3 is 15.1 Å². The Balaban J connectivity index is 2.66. The Hall–Kier alpha value is -1.26. The number of likely N-dealkylation sites (tertiary alicyclic amines) is 1. The standard InChI is InChI=1S/C14H27N3O2/c1-5-16(6-2)14(19)15-12(11(3)4)13(18)17-9-7-8-10-17/h11-12H,5-10H2,1-4H3,(H,15,19)/t12-/m0/s1. The highest BCUT2D eigenvalue weighted by Crippen LogP contribution is 2.13. The first-order valence-electron chi connectivity index (χ1n) is 7.35. The van der Waals surface area contributed by atoms with Crippen molar-refractivity contribution in [3.05, 3.63) is 0 Å². The number of nitrogens with zero attached hydrogens (tertiary/aromatic N) is 2. The van der Waals surface area contributed by atoms with Crippen molar-refractivity contribution in [1.29, 1.82) is 0 Å². The first-order valence-corrected chi connectivity index (χ1v) is 7.35. The predicted octanol–water partition coefficient (Wildman–Crippen LogP) is 1.68. The van der Waals surface area contributed by atoms with Gasteiger partial charge in [-0.05, 0) is 32.6 Å². The van der Waals surface area contributed by atoms with Gasteiger partial charge >= 0.3 is 6.03 Å². The van der Waals surface area contributed by atoms with Crippen molar-refractivity contribution in [2.24, 2.45) is 5.92 Å². The summed E-state index contributed by atoms with van der Waals surface area (Å²) in [5, 5.41) is 2.89. The second-order valence-corrected chi connectivity index (χ2v) is 5.38. The number of urea groups is 1. The van der Waals surface area contributed by atoms with Crippen LogP contribution in [0.4, 0.5) is 4.79 Å². The third-order valence-electron chi connectivity index (χ3n) is 3.68. The number of hydrogen-bond acceptors (Lipinski definition) is 2. The Labute approximate surface area is 116 Å². The van der Waals surface area contributed by atoms with Crippen molar-refractivity contribution in [3.8, 4) is 0 Å². The maximum Gasteiger partial charge on any atom is 0.318 e. The molecule has 0 aromatic rings. The number of nitrogens with one attached hydrogen (secondary N) is 1. The van der Waals surface area contributed by atoms with Gasteiger partial charge in [-0.25, -0.2) is 4.79 Å². The molecule has 0 spiro atoms. The molecule has 0 saturated carbocycles. The third kappa shape index (κ3) is 4.11. The molecule has 1 atom stereocenters. The van der Waals surface area contributed by atoms with Crippen molar-refractivity contribution < 1.29 is 9.59 Å². The molecular formula is C14H27N3O2. The summed E-state index contributed by atoms with van der Waals surface area (Å²) >= 11 is 0. The van der Waals surface area contributed by atoms with Gasteiger partial charge in [-0.15, -0.1) is 0 Å². The highest BCUT2D eigenvalue weighted by Gasteiger charge is 2.30. The maximum absolute atomic E-state index is 12.4. The van der Waals surface area contributed by atoms with Gasteiger partial charge in [-0.1, -0.05) is 13.8 Å². The second-order valence-electron chi connectivity index (χ2n) is 5.38. The van der Waals surface area contributed by atoms with Crippen LogP contribution in [0.5, 0.6) is 0 Å². The van der Waals surface area contributed by atoms with E-state index in [-0.39, 0.29) is 17.9 Å². The highest BCUT2D eigenvalue weighted by molar-refractivity contribution is 5.87. The zero-order valence-corrected chi connectivity index (χ0v) is 12.6.